The number of carbonyl (C=O) groups excluding carboxylic acids is 1. The maximum absolute atomic E-state index is 13.3. The Hall–Kier alpha value is -4.20. The molecule has 2 unspecified atom stereocenters. The van der Waals surface area contributed by atoms with E-state index in [-0.39, 0.29) is 11.9 Å². The van der Waals surface area contributed by atoms with Crippen molar-refractivity contribution in [3.05, 3.63) is 78.3 Å². The molecule has 1 saturated carbocycles. The summed E-state index contributed by atoms with van der Waals surface area (Å²) in [4.78, 5) is 26.3. The van der Waals surface area contributed by atoms with E-state index in [1.807, 2.05) is 55.5 Å². The molecule has 2 aliphatic rings. The number of nitrogens with zero attached hydrogens (tertiary/aromatic N) is 6. The van der Waals surface area contributed by atoms with E-state index >= 15 is 0 Å². The minimum Gasteiger partial charge on any atom is -0.383 e. The van der Waals surface area contributed by atoms with Gasteiger partial charge in [0.25, 0.3) is 5.91 Å². The number of amides is 1. The number of para-hydroxylation sites is 1. The van der Waals surface area contributed by atoms with E-state index in [0.29, 0.717) is 23.2 Å². The number of nitrogen functional groups attached to an aromatic ring is 1. The Morgan fingerprint density at radius 2 is 1.82 bits per heavy atom. The van der Waals surface area contributed by atoms with Crippen LogP contribution in [0, 0.1) is 18.8 Å². The molecule has 0 radical (unpaired) electrons. The molecule has 6 rings (SSSR count). The lowest BCUT2D eigenvalue weighted by Gasteiger charge is -2.19. The summed E-state index contributed by atoms with van der Waals surface area (Å²) in [5.41, 5.74) is 11.2. The fraction of sp³-hybridized carbons (Fsp3) is 0.333. The van der Waals surface area contributed by atoms with Crippen LogP contribution in [0.3, 0.4) is 0 Å². The number of fused-ring (bicyclic) bond motifs is 2. The van der Waals surface area contributed by atoms with E-state index in [9.17, 15) is 4.79 Å². The van der Waals surface area contributed by atoms with Crippen molar-refractivity contribution in [1.82, 2.24) is 24.6 Å². The van der Waals surface area contributed by atoms with Gasteiger partial charge in [0.1, 0.15) is 17.8 Å². The minimum absolute atomic E-state index is 0.0528. The van der Waals surface area contributed by atoms with Crippen molar-refractivity contribution in [2.24, 2.45) is 11.8 Å². The second-order valence-electron chi connectivity index (χ2n) is 10.6. The number of allylic oxidation sites excluding steroid dienone is 1. The molecule has 194 valence electrons. The number of carbonyl (C=O) groups is 1. The smallest absolute Gasteiger partial charge is 0.258 e. The monoisotopic (exact) mass is 507 g/mol. The molecule has 8 nitrogen and oxygen atoms in total. The molecule has 38 heavy (non-hydrogen) atoms. The lowest BCUT2D eigenvalue weighted by atomic mass is 10.0. The van der Waals surface area contributed by atoms with Crippen molar-refractivity contribution in [3.63, 3.8) is 0 Å². The molecule has 1 aliphatic heterocycles. The average Bonchev–Trinajstić information content (AvgIpc) is 3.60. The van der Waals surface area contributed by atoms with Gasteiger partial charge in [0.05, 0.1) is 11.4 Å². The van der Waals surface area contributed by atoms with Gasteiger partial charge in [-0.3, -0.25) is 4.79 Å². The molecular formula is C30H33N7O. The predicted octanol–water partition coefficient (Wildman–Crippen LogP) is 5.08. The second-order valence-corrected chi connectivity index (χ2v) is 10.6. The number of rotatable bonds is 5. The lowest BCUT2D eigenvalue weighted by molar-refractivity contribution is 0.0992. The van der Waals surface area contributed by atoms with Crippen molar-refractivity contribution < 1.29 is 4.79 Å². The molecule has 3 heterocycles. The number of anilines is 2. The standard InChI is InChI=1S/C30H33N7O/c1-4-12-36-16-21-14-24(15-22(21)17-36)37-29-26(28(31)32-18-33-29)27(34-37)20-10-11-25(19(2)13-20)30(38)35(3)23-8-6-5-7-9-23/h4-13,18,21-22,24H,14-17H2,1-3H3,(H2,31,32,33). The molecule has 0 spiro atoms. The van der Waals surface area contributed by atoms with E-state index < -0.39 is 0 Å². The van der Waals surface area contributed by atoms with E-state index in [2.05, 4.69) is 38.7 Å². The van der Waals surface area contributed by atoms with E-state index in [0.717, 1.165) is 59.5 Å². The fourth-order valence-corrected chi connectivity index (χ4v) is 6.29. The third-order valence-corrected chi connectivity index (χ3v) is 8.16. The van der Waals surface area contributed by atoms with E-state index in [1.54, 1.807) is 11.9 Å². The first-order chi connectivity index (χ1) is 18.4. The summed E-state index contributed by atoms with van der Waals surface area (Å²) >= 11 is 0. The van der Waals surface area contributed by atoms with Crippen LogP contribution in [0.15, 0.2) is 67.1 Å². The molecule has 2 atom stereocenters. The third-order valence-electron chi connectivity index (χ3n) is 8.16. The van der Waals surface area contributed by atoms with Gasteiger partial charge in [-0.05, 0) is 74.6 Å². The van der Waals surface area contributed by atoms with Crippen LogP contribution in [0.2, 0.25) is 0 Å². The number of benzene rings is 2. The quantitative estimate of drug-likeness (QED) is 0.405. The highest BCUT2D eigenvalue weighted by atomic mass is 16.2. The largest absolute Gasteiger partial charge is 0.383 e. The normalized spacial score (nSPS) is 20.9. The zero-order valence-electron chi connectivity index (χ0n) is 22.1. The summed E-state index contributed by atoms with van der Waals surface area (Å²) in [6.45, 7) is 6.23. The van der Waals surface area contributed by atoms with Crippen LogP contribution in [0.1, 0.15) is 41.7 Å². The molecule has 2 aromatic carbocycles. The number of hydrogen-bond donors (Lipinski definition) is 1. The first-order valence-electron chi connectivity index (χ1n) is 13.2. The summed E-state index contributed by atoms with van der Waals surface area (Å²) in [6.07, 6.45) is 8.01. The number of hydrogen-bond acceptors (Lipinski definition) is 6. The molecule has 0 bridgehead atoms. The van der Waals surface area contributed by atoms with Crippen LogP contribution < -0.4 is 10.6 Å². The average molecular weight is 508 g/mol. The highest BCUT2D eigenvalue weighted by molar-refractivity contribution is 6.07. The van der Waals surface area contributed by atoms with Gasteiger partial charge in [-0.2, -0.15) is 5.10 Å². The fourth-order valence-electron chi connectivity index (χ4n) is 6.29. The Labute approximate surface area is 222 Å². The molecular weight excluding hydrogens is 474 g/mol. The lowest BCUT2D eigenvalue weighted by Crippen LogP contribution is -2.26. The molecule has 2 N–H and O–H groups in total. The van der Waals surface area contributed by atoms with E-state index in [1.165, 1.54) is 6.33 Å². The van der Waals surface area contributed by atoms with Gasteiger partial charge in [0.2, 0.25) is 0 Å². The summed E-state index contributed by atoms with van der Waals surface area (Å²) in [7, 11) is 1.80. The van der Waals surface area contributed by atoms with Gasteiger partial charge in [-0.25, -0.2) is 14.6 Å². The Morgan fingerprint density at radius 1 is 1.08 bits per heavy atom. The molecule has 1 saturated heterocycles. The summed E-state index contributed by atoms with van der Waals surface area (Å²) < 4.78 is 2.08. The number of aromatic nitrogens is 4. The van der Waals surface area contributed by atoms with Crippen molar-refractivity contribution in [1.29, 1.82) is 0 Å². The van der Waals surface area contributed by atoms with Crippen LogP contribution in [0.25, 0.3) is 22.3 Å². The van der Waals surface area contributed by atoms with Gasteiger partial charge < -0.3 is 15.5 Å². The zero-order chi connectivity index (χ0) is 26.4. The molecule has 8 heteroatoms. The highest BCUT2D eigenvalue weighted by Crippen LogP contribution is 2.45. The molecule has 1 amide bonds. The number of likely N-dealkylation sites (tertiary alicyclic amines) is 1. The topological polar surface area (TPSA) is 93.2 Å². The Balaban J connectivity index is 1.33. The predicted molar refractivity (Wildman–Crippen MR) is 151 cm³/mol. The van der Waals surface area contributed by atoms with Gasteiger partial charge in [-0.1, -0.05) is 30.3 Å². The summed E-state index contributed by atoms with van der Waals surface area (Å²) in [6, 6.07) is 15.8. The van der Waals surface area contributed by atoms with Crippen molar-refractivity contribution in [3.8, 4) is 11.3 Å². The van der Waals surface area contributed by atoms with Crippen LogP contribution >= 0.6 is 0 Å². The van der Waals surface area contributed by atoms with Crippen LogP contribution in [-0.2, 0) is 0 Å². The van der Waals surface area contributed by atoms with E-state index in [4.69, 9.17) is 10.8 Å². The first-order valence-corrected chi connectivity index (χ1v) is 13.2. The van der Waals surface area contributed by atoms with Gasteiger partial charge in [0.15, 0.2) is 5.65 Å². The van der Waals surface area contributed by atoms with Crippen molar-refractivity contribution in [2.45, 2.75) is 32.7 Å². The summed E-state index contributed by atoms with van der Waals surface area (Å²) in [5.74, 6) is 1.69. The molecule has 2 aromatic heterocycles. The molecule has 2 fully saturated rings. The zero-order valence-corrected chi connectivity index (χ0v) is 22.1. The van der Waals surface area contributed by atoms with Gasteiger partial charge in [0, 0.05) is 37.0 Å². The van der Waals surface area contributed by atoms with Crippen molar-refractivity contribution in [2.75, 3.05) is 30.8 Å². The maximum atomic E-state index is 13.3. The Kier molecular flexibility index (Phi) is 6.10. The molecule has 1 aliphatic carbocycles. The Morgan fingerprint density at radius 3 is 2.50 bits per heavy atom. The first kappa shape index (κ1) is 24.2. The van der Waals surface area contributed by atoms with Gasteiger partial charge >= 0.3 is 0 Å². The number of nitrogens with two attached hydrogens (primary N) is 1. The molecule has 4 aromatic rings. The SMILES string of the molecule is CC=CN1CC2CC(n3nc(-c4ccc(C(=O)N(C)c5ccccc5)c(C)c4)c4c(N)ncnc43)CC2C1. The van der Waals surface area contributed by atoms with Crippen LogP contribution in [-0.4, -0.2) is 50.7 Å². The van der Waals surface area contributed by atoms with Crippen LogP contribution in [0.4, 0.5) is 11.5 Å². The highest BCUT2D eigenvalue weighted by Gasteiger charge is 2.42. The Bertz CT molecular complexity index is 1510. The third kappa shape index (κ3) is 4.10. The van der Waals surface area contributed by atoms with Crippen LogP contribution in [0.5, 0.6) is 0 Å². The second kappa shape index (κ2) is 9.59. The number of aryl methyl sites for hydroxylation is 1. The summed E-state index contributed by atoms with van der Waals surface area (Å²) in [5, 5.41) is 5.87. The maximum Gasteiger partial charge on any atom is 0.258 e. The minimum atomic E-state index is -0.0528. The van der Waals surface area contributed by atoms with Crippen molar-refractivity contribution >= 4 is 28.4 Å². The van der Waals surface area contributed by atoms with Gasteiger partial charge in [-0.15, -0.1) is 0 Å².